The highest BCUT2D eigenvalue weighted by atomic mass is 35.5. The van der Waals surface area contributed by atoms with Crippen molar-refractivity contribution in [2.24, 2.45) is 11.3 Å². The molecule has 0 unspecified atom stereocenters. The van der Waals surface area contributed by atoms with Crippen LogP contribution in [0.2, 0.25) is 5.02 Å². The van der Waals surface area contributed by atoms with Crippen molar-refractivity contribution in [1.29, 1.82) is 0 Å². The van der Waals surface area contributed by atoms with Gasteiger partial charge in [-0.1, -0.05) is 68.8 Å². The minimum atomic E-state index is -4.56. The molecule has 5 atom stereocenters. The molecular weight excluding hydrogens is 837 g/mol. The zero-order valence-corrected chi connectivity index (χ0v) is 34.8. The quantitative estimate of drug-likeness (QED) is 0.108. The predicted octanol–water partition coefficient (Wildman–Crippen LogP) is 7.26. The highest BCUT2D eigenvalue weighted by Gasteiger charge is 2.62. The summed E-state index contributed by atoms with van der Waals surface area (Å²) in [5.41, 5.74) is -1.49. The Bertz CT molecular complexity index is 2680. The summed E-state index contributed by atoms with van der Waals surface area (Å²) in [6.45, 7) is 9.19. The minimum Gasteiger partial charge on any atom is -0.470 e. The van der Waals surface area contributed by atoms with Gasteiger partial charge in [-0.05, 0) is 67.1 Å². The van der Waals surface area contributed by atoms with E-state index in [2.05, 4.69) is 31.9 Å². The van der Waals surface area contributed by atoms with Gasteiger partial charge in [0.05, 0.1) is 17.4 Å². The van der Waals surface area contributed by atoms with Crippen molar-refractivity contribution < 1.29 is 45.1 Å². The third-order valence-corrected chi connectivity index (χ3v) is 13.3. The monoisotopic (exact) mass is 878 g/mol. The van der Waals surface area contributed by atoms with E-state index in [9.17, 15) is 36.0 Å². The summed E-state index contributed by atoms with van der Waals surface area (Å²) in [5.74, 6) is -2.71. The fourth-order valence-electron chi connectivity index (χ4n) is 7.69. The number of benzene rings is 3. The maximum Gasteiger partial charge on any atom is 0.416 e. The molecule has 2 saturated carbocycles. The number of para-hydroxylation sites is 1. The van der Waals surface area contributed by atoms with Crippen LogP contribution in [0.3, 0.4) is 0 Å². The fraction of sp³-hybridized carbons (Fsp3) is 0.372. The first-order valence-corrected chi connectivity index (χ1v) is 21.6. The summed E-state index contributed by atoms with van der Waals surface area (Å²) >= 11 is 6.28. The van der Waals surface area contributed by atoms with Crippen molar-refractivity contribution in [3.8, 4) is 17.3 Å². The third-order valence-electron chi connectivity index (χ3n) is 11.3. The maximum absolute atomic E-state index is 14.9. The van der Waals surface area contributed by atoms with Gasteiger partial charge in [-0.15, -0.1) is 6.58 Å². The number of anilines is 1. The lowest BCUT2D eigenvalue weighted by molar-refractivity contribution is -0.141. The molecule has 2 aromatic heterocycles. The molecule has 3 aliphatic rings. The standard InChI is InChI=1S/C43H42ClF3N6O7S/c1-5-24-21-42(24,40(56)52-61(57,58)29-17-18-29)51-37(54)31-20-28(22-53(31)39(55)35(41(2,3)4)48-27-10-8-9-26(44)19-27)59-38-34-33(30-11-6-7-12-32(30)60-34)49-36(50-38)23-13-15-25(16-14-23)43(45,46)47/h5-16,19,24,28-29,31,35,48H,1,17-18,20-22H2,2-4H3,(H,51,54)(H,52,56)/t24-,28-,31+,35-,42-/m1/s1. The van der Waals surface area contributed by atoms with Crippen LogP contribution in [0.5, 0.6) is 5.88 Å². The number of halogens is 4. The van der Waals surface area contributed by atoms with E-state index >= 15 is 0 Å². The number of ether oxygens (including phenoxy) is 1. The van der Waals surface area contributed by atoms with Gasteiger partial charge in [-0.2, -0.15) is 18.2 Å². The van der Waals surface area contributed by atoms with Crippen molar-refractivity contribution >= 4 is 67.1 Å². The predicted molar refractivity (Wildman–Crippen MR) is 222 cm³/mol. The van der Waals surface area contributed by atoms with Gasteiger partial charge in [-0.25, -0.2) is 13.4 Å². The molecule has 18 heteroatoms. The molecular formula is C43H42ClF3N6O7S. The van der Waals surface area contributed by atoms with E-state index in [1.807, 2.05) is 20.8 Å². The second-order valence-electron chi connectivity index (χ2n) is 16.8. The van der Waals surface area contributed by atoms with Crippen molar-refractivity contribution in [1.82, 2.24) is 24.9 Å². The van der Waals surface area contributed by atoms with Gasteiger partial charge < -0.3 is 24.7 Å². The van der Waals surface area contributed by atoms with Gasteiger partial charge in [0.25, 0.3) is 11.8 Å². The second kappa shape index (κ2) is 15.3. The number of nitrogens with zero attached hydrogens (tertiary/aromatic N) is 3. The zero-order chi connectivity index (χ0) is 43.6. The van der Waals surface area contributed by atoms with Crippen LogP contribution in [-0.4, -0.2) is 76.5 Å². The van der Waals surface area contributed by atoms with Crippen LogP contribution < -0.4 is 20.1 Å². The van der Waals surface area contributed by atoms with E-state index in [-0.39, 0.29) is 42.2 Å². The van der Waals surface area contributed by atoms with E-state index in [4.69, 9.17) is 20.8 Å². The summed E-state index contributed by atoms with van der Waals surface area (Å²) in [6.07, 6.45) is -3.19. The van der Waals surface area contributed by atoms with Gasteiger partial charge >= 0.3 is 6.18 Å². The van der Waals surface area contributed by atoms with Gasteiger partial charge in [0.15, 0.2) is 5.82 Å². The van der Waals surface area contributed by atoms with Crippen molar-refractivity contribution in [3.05, 3.63) is 96.0 Å². The highest BCUT2D eigenvalue weighted by Crippen LogP contribution is 2.46. The number of rotatable bonds is 12. The van der Waals surface area contributed by atoms with Gasteiger partial charge in [0.2, 0.25) is 27.4 Å². The van der Waals surface area contributed by atoms with E-state index in [1.165, 1.54) is 23.1 Å². The molecule has 13 nitrogen and oxygen atoms in total. The molecule has 0 spiro atoms. The molecule has 3 fully saturated rings. The number of amides is 3. The number of sulfonamides is 1. The van der Waals surface area contributed by atoms with Crippen LogP contribution in [0.15, 0.2) is 89.9 Å². The molecule has 3 aromatic carbocycles. The molecule has 3 amide bonds. The summed E-state index contributed by atoms with van der Waals surface area (Å²) in [7, 11) is -3.96. The molecule has 5 aromatic rings. The number of likely N-dealkylation sites (tertiary alicyclic amines) is 1. The molecule has 320 valence electrons. The van der Waals surface area contributed by atoms with E-state index in [0.29, 0.717) is 40.0 Å². The number of carbonyl (C=O) groups is 3. The molecule has 0 radical (unpaired) electrons. The lowest BCUT2D eigenvalue weighted by Crippen LogP contribution is -2.58. The first kappa shape index (κ1) is 42.0. The van der Waals surface area contributed by atoms with Gasteiger partial charge in [-0.3, -0.25) is 19.1 Å². The number of hydrogen-bond acceptors (Lipinski definition) is 10. The number of aromatic nitrogens is 2. The first-order chi connectivity index (χ1) is 28.8. The Morgan fingerprint density at radius 2 is 1.75 bits per heavy atom. The van der Waals surface area contributed by atoms with Crippen LogP contribution in [0.4, 0.5) is 18.9 Å². The highest BCUT2D eigenvalue weighted by molar-refractivity contribution is 7.91. The lowest BCUT2D eigenvalue weighted by atomic mass is 9.85. The van der Waals surface area contributed by atoms with Gasteiger partial charge in [0.1, 0.15) is 34.8 Å². The molecule has 1 saturated heterocycles. The largest absolute Gasteiger partial charge is 0.470 e. The molecule has 2 aliphatic carbocycles. The first-order valence-electron chi connectivity index (χ1n) is 19.6. The number of carbonyl (C=O) groups excluding carboxylic acids is 3. The average molecular weight is 879 g/mol. The summed E-state index contributed by atoms with van der Waals surface area (Å²) in [4.78, 5) is 53.7. The Labute approximate surface area is 354 Å². The van der Waals surface area contributed by atoms with Crippen LogP contribution in [0, 0.1) is 11.3 Å². The van der Waals surface area contributed by atoms with E-state index in [0.717, 1.165) is 12.1 Å². The van der Waals surface area contributed by atoms with Crippen molar-refractivity contribution in [2.75, 3.05) is 11.9 Å². The lowest BCUT2D eigenvalue weighted by Gasteiger charge is -2.36. The van der Waals surface area contributed by atoms with E-state index < -0.39 is 79.8 Å². The fourth-order valence-corrected chi connectivity index (χ4v) is 9.25. The summed E-state index contributed by atoms with van der Waals surface area (Å²) in [5, 5.41) is 6.40. The van der Waals surface area contributed by atoms with Crippen LogP contribution in [0.1, 0.15) is 52.0 Å². The number of nitrogens with one attached hydrogen (secondary N) is 3. The summed E-state index contributed by atoms with van der Waals surface area (Å²) in [6, 6.07) is 16.0. The normalized spacial score (nSPS) is 22.1. The van der Waals surface area contributed by atoms with Crippen LogP contribution >= 0.6 is 11.6 Å². The van der Waals surface area contributed by atoms with Crippen molar-refractivity contribution in [2.45, 2.75) is 81.6 Å². The number of fused-ring (bicyclic) bond motifs is 3. The van der Waals surface area contributed by atoms with Crippen molar-refractivity contribution in [3.63, 3.8) is 0 Å². The molecule has 0 bridgehead atoms. The average Bonchev–Trinajstić information content (AvgIpc) is 4.11. The maximum atomic E-state index is 14.9. The number of alkyl halides is 3. The topological polar surface area (TPSA) is 173 Å². The smallest absolute Gasteiger partial charge is 0.416 e. The second-order valence-corrected chi connectivity index (χ2v) is 19.2. The van der Waals surface area contributed by atoms with E-state index in [1.54, 1.807) is 48.5 Å². The SMILES string of the molecule is C=C[C@@H]1C[C@]1(NC(=O)[C@@H]1C[C@@H](Oc2nc(-c3ccc(C(F)(F)F)cc3)nc3c2oc2ccccc23)CN1C(=O)[C@@H](Nc1cccc(Cl)c1)C(C)(C)C)C(=O)NS(=O)(=O)C1CC1. The molecule has 3 heterocycles. The molecule has 61 heavy (non-hydrogen) atoms. The summed E-state index contributed by atoms with van der Waals surface area (Å²) < 4.78 is 80.9. The third kappa shape index (κ3) is 8.37. The molecule has 8 rings (SSSR count). The van der Waals surface area contributed by atoms with Crippen LogP contribution in [-0.2, 0) is 30.6 Å². The Morgan fingerprint density at radius 3 is 2.39 bits per heavy atom. The van der Waals surface area contributed by atoms with Crippen LogP contribution in [0.25, 0.3) is 33.5 Å². The number of hydrogen-bond donors (Lipinski definition) is 3. The Kier molecular flexibility index (Phi) is 10.6. The Balaban J connectivity index is 1.15. The number of furan rings is 1. The molecule has 3 N–H and O–H groups in total. The van der Waals surface area contributed by atoms with Gasteiger partial charge in [0, 0.05) is 34.0 Å². The Morgan fingerprint density at radius 1 is 1.03 bits per heavy atom. The zero-order valence-electron chi connectivity index (χ0n) is 33.3. The minimum absolute atomic E-state index is 0.0415. The Hall–Kier alpha value is -5.68. The molecule has 1 aliphatic heterocycles.